The van der Waals surface area contributed by atoms with Crippen molar-refractivity contribution < 1.29 is 9.53 Å². The first-order valence-corrected chi connectivity index (χ1v) is 7.38. The zero-order valence-electron chi connectivity index (χ0n) is 12.1. The molecule has 3 N–H and O–H groups in total. The van der Waals surface area contributed by atoms with Crippen molar-refractivity contribution in [2.75, 3.05) is 13.2 Å². The third-order valence-corrected chi connectivity index (χ3v) is 3.20. The molecule has 0 aromatic heterocycles. The van der Waals surface area contributed by atoms with Crippen molar-refractivity contribution in [1.29, 1.82) is 0 Å². The lowest BCUT2D eigenvalue weighted by atomic mass is 10.0. The highest BCUT2D eigenvalue weighted by Crippen LogP contribution is 2.24. The van der Waals surface area contributed by atoms with Crippen LogP contribution in [0.15, 0.2) is 18.2 Å². The fraction of sp³-hybridized carbons (Fsp3) is 0.533. The van der Waals surface area contributed by atoms with Crippen LogP contribution in [0.4, 0.5) is 0 Å². The lowest BCUT2D eigenvalue weighted by molar-refractivity contribution is -0.123. The van der Waals surface area contributed by atoms with Crippen LogP contribution in [0.2, 0.25) is 5.02 Å². The van der Waals surface area contributed by atoms with E-state index in [1.54, 1.807) is 12.1 Å². The summed E-state index contributed by atoms with van der Waals surface area (Å²) in [6, 6.07) is 5.44. The maximum Gasteiger partial charge on any atom is 0.257 e. The number of hydrogen-bond donors (Lipinski definition) is 2. The summed E-state index contributed by atoms with van der Waals surface area (Å²) in [7, 11) is 0. The molecule has 5 heteroatoms. The van der Waals surface area contributed by atoms with Crippen molar-refractivity contribution in [3.8, 4) is 5.75 Å². The van der Waals surface area contributed by atoms with Crippen LogP contribution < -0.4 is 15.8 Å². The Morgan fingerprint density at radius 1 is 1.45 bits per heavy atom. The second kappa shape index (κ2) is 8.82. The van der Waals surface area contributed by atoms with E-state index in [0.717, 1.165) is 18.4 Å². The second-order valence-electron chi connectivity index (χ2n) is 4.76. The van der Waals surface area contributed by atoms with Crippen LogP contribution in [0, 0.1) is 0 Å². The highest BCUT2D eigenvalue weighted by atomic mass is 35.5. The van der Waals surface area contributed by atoms with Crippen molar-refractivity contribution in [1.82, 2.24) is 5.32 Å². The van der Waals surface area contributed by atoms with Crippen molar-refractivity contribution in [2.24, 2.45) is 5.73 Å². The molecule has 1 atom stereocenters. The van der Waals surface area contributed by atoms with Gasteiger partial charge in [0.2, 0.25) is 0 Å². The first-order chi connectivity index (χ1) is 9.56. The van der Waals surface area contributed by atoms with Gasteiger partial charge in [0.1, 0.15) is 5.75 Å². The molecule has 1 rings (SSSR count). The van der Waals surface area contributed by atoms with Gasteiger partial charge in [-0.2, -0.15) is 0 Å². The third-order valence-electron chi connectivity index (χ3n) is 2.96. The number of halogens is 1. The minimum atomic E-state index is -0.118. The Morgan fingerprint density at radius 2 is 2.20 bits per heavy atom. The van der Waals surface area contributed by atoms with Crippen LogP contribution >= 0.6 is 11.6 Å². The highest BCUT2D eigenvalue weighted by Gasteiger charge is 2.10. The largest absolute Gasteiger partial charge is 0.483 e. The molecule has 0 fully saturated rings. The first kappa shape index (κ1) is 16.8. The minimum absolute atomic E-state index is 0.00992. The van der Waals surface area contributed by atoms with Crippen molar-refractivity contribution >= 4 is 17.5 Å². The van der Waals surface area contributed by atoms with E-state index in [0.29, 0.717) is 23.7 Å². The summed E-state index contributed by atoms with van der Waals surface area (Å²) in [4.78, 5) is 11.5. The van der Waals surface area contributed by atoms with Crippen molar-refractivity contribution in [2.45, 2.75) is 39.2 Å². The lowest BCUT2D eigenvalue weighted by Crippen LogP contribution is -2.29. The SMILES string of the molecule is CCCNC(=O)COc1ccc(Cl)cc1CC(N)CC. The van der Waals surface area contributed by atoms with Gasteiger partial charge in [-0.25, -0.2) is 0 Å². The summed E-state index contributed by atoms with van der Waals surface area (Å²) in [6.45, 7) is 4.71. The molecule has 1 amide bonds. The molecule has 0 radical (unpaired) electrons. The van der Waals surface area contributed by atoms with Gasteiger partial charge < -0.3 is 15.8 Å². The zero-order chi connectivity index (χ0) is 15.0. The van der Waals surface area contributed by atoms with E-state index in [1.807, 2.05) is 19.9 Å². The quantitative estimate of drug-likeness (QED) is 0.775. The molecule has 4 nitrogen and oxygen atoms in total. The first-order valence-electron chi connectivity index (χ1n) is 7.00. The van der Waals surface area contributed by atoms with Crippen LogP contribution in [0.1, 0.15) is 32.3 Å². The van der Waals surface area contributed by atoms with Crippen molar-refractivity contribution in [3.63, 3.8) is 0 Å². The molecular formula is C15H23ClN2O2. The average Bonchev–Trinajstić information content (AvgIpc) is 2.44. The van der Waals surface area contributed by atoms with Gasteiger partial charge >= 0.3 is 0 Å². The van der Waals surface area contributed by atoms with E-state index in [2.05, 4.69) is 5.32 Å². The maximum atomic E-state index is 11.5. The standard InChI is InChI=1S/C15H23ClN2O2/c1-3-7-18-15(19)10-20-14-6-5-12(16)8-11(14)9-13(17)4-2/h5-6,8,13H,3-4,7,9-10,17H2,1-2H3,(H,18,19). The molecule has 0 aliphatic carbocycles. The van der Waals surface area contributed by atoms with E-state index >= 15 is 0 Å². The van der Waals surface area contributed by atoms with Gasteiger partial charge in [-0.05, 0) is 43.0 Å². The topological polar surface area (TPSA) is 64.3 Å². The molecule has 0 spiro atoms. The van der Waals surface area contributed by atoms with Crippen LogP contribution in [-0.4, -0.2) is 25.1 Å². The number of hydrogen-bond acceptors (Lipinski definition) is 3. The molecule has 0 saturated heterocycles. The normalized spacial score (nSPS) is 12.0. The predicted molar refractivity (Wildman–Crippen MR) is 82.2 cm³/mol. The predicted octanol–water partition coefficient (Wildman–Crippen LogP) is 2.52. The molecule has 1 unspecified atom stereocenters. The summed E-state index contributed by atoms with van der Waals surface area (Å²) < 4.78 is 5.57. The van der Waals surface area contributed by atoms with Gasteiger partial charge in [0.25, 0.3) is 5.91 Å². The van der Waals surface area contributed by atoms with Gasteiger partial charge in [0.15, 0.2) is 6.61 Å². The summed E-state index contributed by atoms with van der Waals surface area (Å²) in [5.74, 6) is 0.553. The van der Waals surface area contributed by atoms with E-state index in [1.165, 1.54) is 0 Å². The van der Waals surface area contributed by atoms with Gasteiger partial charge in [0, 0.05) is 17.6 Å². The number of rotatable bonds is 8. The molecule has 0 aliphatic heterocycles. The van der Waals surface area contributed by atoms with E-state index in [9.17, 15) is 4.79 Å². The number of benzene rings is 1. The minimum Gasteiger partial charge on any atom is -0.483 e. The fourth-order valence-corrected chi connectivity index (χ4v) is 1.93. The third kappa shape index (κ3) is 5.80. The van der Waals surface area contributed by atoms with E-state index in [4.69, 9.17) is 22.1 Å². The zero-order valence-corrected chi connectivity index (χ0v) is 12.9. The van der Waals surface area contributed by atoms with Crippen LogP contribution in [0.5, 0.6) is 5.75 Å². The number of nitrogens with two attached hydrogens (primary N) is 1. The Labute approximate surface area is 125 Å². The van der Waals surface area contributed by atoms with Gasteiger partial charge in [-0.15, -0.1) is 0 Å². The Morgan fingerprint density at radius 3 is 2.85 bits per heavy atom. The van der Waals surface area contributed by atoms with E-state index in [-0.39, 0.29) is 18.6 Å². The van der Waals surface area contributed by atoms with Gasteiger partial charge in [-0.1, -0.05) is 25.4 Å². The Bertz CT molecular complexity index is 438. The number of carbonyl (C=O) groups is 1. The Kier molecular flexibility index (Phi) is 7.41. The number of amides is 1. The molecule has 0 bridgehead atoms. The molecule has 0 heterocycles. The lowest BCUT2D eigenvalue weighted by Gasteiger charge is -2.14. The average molecular weight is 299 g/mol. The number of nitrogens with one attached hydrogen (secondary N) is 1. The Hall–Kier alpha value is -1.26. The number of ether oxygens (including phenoxy) is 1. The van der Waals surface area contributed by atoms with Crippen molar-refractivity contribution in [3.05, 3.63) is 28.8 Å². The van der Waals surface area contributed by atoms with Crippen LogP contribution in [0.25, 0.3) is 0 Å². The van der Waals surface area contributed by atoms with Gasteiger partial charge in [0.05, 0.1) is 0 Å². The number of carbonyl (C=O) groups excluding carboxylic acids is 1. The molecule has 112 valence electrons. The van der Waals surface area contributed by atoms with E-state index < -0.39 is 0 Å². The van der Waals surface area contributed by atoms with Crippen LogP contribution in [-0.2, 0) is 11.2 Å². The van der Waals surface area contributed by atoms with Gasteiger partial charge in [-0.3, -0.25) is 4.79 Å². The fourth-order valence-electron chi connectivity index (χ4n) is 1.73. The smallest absolute Gasteiger partial charge is 0.257 e. The Balaban J connectivity index is 2.66. The summed E-state index contributed by atoms with van der Waals surface area (Å²) >= 11 is 6.00. The monoisotopic (exact) mass is 298 g/mol. The summed E-state index contributed by atoms with van der Waals surface area (Å²) in [5, 5.41) is 3.42. The molecule has 0 saturated carbocycles. The molecule has 0 aliphatic rings. The summed E-state index contributed by atoms with van der Waals surface area (Å²) in [6.07, 6.45) is 2.47. The molecular weight excluding hydrogens is 276 g/mol. The molecule has 1 aromatic rings. The second-order valence-corrected chi connectivity index (χ2v) is 5.20. The molecule has 1 aromatic carbocycles. The highest BCUT2D eigenvalue weighted by molar-refractivity contribution is 6.30. The molecule has 20 heavy (non-hydrogen) atoms. The summed E-state index contributed by atoms with van der Waals surface area (Å²) in [5.41, 5.74) is 6.91. The maximum absolute atomic E-state index is 11.5. The van der Waals surface area contributed by atoms with Crippen LogP contribution in [0.3, 0.4) is 0 Å².